The molecule has 1 heterocycles. The summed E-state index contributed by atoms with van der Waals surface area (Å²) < 4.78 is 12.8. The molecule has 2 aromatic rings. The maximum Gasteiger partial charge on any atom is 0.255 e. The third kappa shape index (κ3) is 4.02. The lowest BCUT2D eigenvalue weighted by Gasteiger charge is -2.15. The van der Waals surface area contributed by atoms with Crippen LogP contribution < -0.4 is 10.2 Å². The van der Waals surface area contributed by atoms with Gasteiger partial charge in [0.1, 0.15) is 11.6 Å². The number of benzene rings is 1. The van der Waals surface area contributed by atoms with Gasteiger partial charge in [-0.05, 0) is 36.2 Å². The minimum absolute atomic E-state index is 0.158. The Kier molecular flexibility index (Phi) is 4.87. The van der Waals surface area contributed by atoms with Crippen molar-refractivity contribution in [1.82, 2.24) is 10.3 Å². The van der Waals surface area contributed by atoms with Crippen LogP contribution in [0.25, 0.3) is 0 Å². The Bertz CT molecular complexity index is 611. The summed E-state index contributed by atoms with van der Waals surface area (Å²) in [5, 5.41) is 2.86. The highest BCUT2D eigenvalue weighted by atomic mass is 19.1. The number of nitrogens with one attached hydrogen (secondary N) is 1. The smallest absolute Gasteiger partial charge is 0.255 e. The fourth-order valence-electron chi connectivity index (χ4n) is 2.00. The number of pyridine rings is 1. The van der Waals surface area contributed by atoms with E-state index in [1.54, 1.807) is 35.4 Å². The highest BCUT2D eigenvalue weighted by Crippen LogP contribution is 2.14. The molecule has 0 saturated heterocycles. The van der Waals surface area contributed by atoms with Gasteiger partial charge in [0.2, 0.25) is 0 Å². The number of nitrogens with zero attached hydrogens (tertiary/aromatic N) is 2. The molecule has 0 aliphatic carbocycles. The molecule has 0 radical (unpaired) electrons. The monoisotopic (exact) mass is 287 g/mol. The normalized spacial score (nSPS) is 10.2. The van der Waals surface area contributed by atoms with Gasteiger partial charge >= 0.3 is 0 Å². The van der Waals surface area contributed by atoms with Gasteiger partial charge in [-0.15, -0.1) is 0 Å². The molecule has 4 nitrogen and oxygen atoms in total. The van der Waals surface area contributed by atoms with Crippen molar-refractivity contribution in [3.05, 3.63) is 59.5 Å². The molecule has 1 aromatic carbocycles. The zero-order valence-electron chi connectivity index (χ0n) is 12.1. The van der Waals surface area contributed by atoms with Crippen molar-refractivity contribution in [3.8, 4) is 0 Å². The van der Waals surface area contributed by atoms with Crippen molar-refractivity contribution >= 4 is 11.7 Å². The topological polar surface area (TPSA) is 45.2 Å². The van der Waals surface area contributed by atoms with Crippen molar-refractivity contribution in [2.24, 2.45) is 0 Å². The van der Waals surface area contributed by atoms with E-state index in [1.165, 1.54) is 12.1 Å². The number of anilines is 1. The number of amides is 1. The Morgan fingerprint density at radius 2 is 1.95 bits per heavy atom. The highest BCUT2D eigenvalue weighted by molar-refractivity contribution is 5.98. The molecule has 1 amide bonds. The van der Waals surface area contributed by atoms with Crippen LogP contribution in [0.5, 0.6) is 0 Å². The zero-order chi connectivity index (χ0) is 15.2. The maximum absolute atomic E-state index is 12.8. The van der Waals surface area contributed by atoms with Gasteiger partial charge < -0.3 is 10.2 Å². The van der Waals surface area contributed by atoms with Crippen molar-refractivity contribution in [2.45, 2.75) is 6.42 Å². The molecule has 0 aliphatic rings. The molecule has 0 saturated carbocycles. The lowest BCUT2D eigenvalue weighted by Crippen LogP contribution is -2.28. The van der Waals surface area contributed by atoms with E-state index < -0.39 is 0 Å². The average molecular weight is 287 g/mol. The first kappa shape index (κ1) is 15.0. The molecule has 5 heteroatoms. The molecule has 1 aromatic heterocycles. The summed E-state index contributed by atoms with van der Waals surface area (Å²) in [5.74, 6) is 0.222. The summed E-state index contributed by atoms with van der Waals surface area (Å²) in [7, 11) is 3.69. The van der Waals surface area contributed by atoms with E-state index in [1.807, 2.05) is 14.1 Å². The SMILES string of the molecule is CN(C)c1ncccc1C(=O)NCCc1ccc(F)cc1. The van der Waals surface area contributed by atoms with Crippen LogP contribution in [0.3, 0.4) is 0 Å². The van der Waals surface area contributed by atoms with Crippen LogP contribution in [-0.4, -0.2) is 31.5 Å². The lowest BCUT2D eigenvalue weighted by atomic mass is 10.1. The van der Waals surface area contributed by atoms with E-state index in [4.69, 9.17) is 0 Å². The second kappa shape index (κ2) is 6.83. The first-order valence-corrected chi connectivity index (χ1v) is 6.73. The Labute approximate surface area is 123 Å². The van der Waals surface area contributed by atoms with Gasteiger partial charge in [-0.1, -0.05) is 12.1 Å². The molecular weight excluding hydrogens is 269 g/mol. The van der Waals surface area contributed by atoms with E-state index in [-0.39, 0.29) is 11.7 Å². The van der Waals surface area contributed by atoms with Crippen molar-refractivity contribution < 1.29 is 9.18 Å². The second-order valence-corrected chi connectivity index (χ2v) is 4.90. The third-order valence-electron chi connectivity index (χ3n) is 3.07. The van der Waals surface area contributed by atoms with Gasteiger partial charge in [0.05, 0.1) is 5.56 Å². The van der Waals surface area contributed by atoms with Crippen LogP contribution >= 0.6 is 0 Å². The first-order valence-electron chi connectivity index (χ1n) is 6.73. The van der Waals surface area contributed by atoms with Crippen LogP contribution in [0.15, 0.2) is 42.6 Å². The molecule has 0 aliphatic heterocycles. The summed E-state index contributed by atoms with van der Waals surface area (Å²) in [5.41, 5.74) is 1.53. The zero-order valence-corrected chi connectivity index (χ0v) is 12.1. The van der Waals surface area contributed by atoms with Crippen LogP contribution in [0, 0.1) is 5.82 Å². The molecule has 21 heavy (non-hydrogen) atoms. The average Bonchev–Trinajstić information content (AvgIpc) is 2.49. The Morgan fingerprint density at radius 3 is 2.62 bits per heavy atom. The molecule has 0 fully saturated rings. The predicted molar refractivity (Wildman–Crippen MR) is 81.0 cm³/mol. The first-order chi connectivity index (χ1) is 10.1. The summed E-state index contributed by atoms with van der Waals surface area (Å²) in [4.78, 5) is 18.2. The Morgan fingerprint density at radius 1 is 1.24 bits per heavy atom. The molecule has 0 unspecified atom stereocenters. The Balaban J connectivity index is 1.94. The molecule has 0 bridgehead atoms. The van der Waals surface area contributed by atoms with Crippen molar-refractivity contribution in [1.29, 1.82) is 0 Å². The molecule has 0 atom stereocenters. The van der Waals surface area contributed by atoms with Gasteiger partial charge in [0, 0.05) is 26.8 Å². The summed E-state index contributed by atoms with van der Waals surface area (Å²) in [6.45, 7) is 0.492. The summed E-state index contributed by atoms with van der Waals surface area (Å²) >= 11 is 0. The molecular formula is C16H18FN3O. The van der Waals surface area contributed by atoms with Gasteiger partial charge in [-0.3, -0.25) is 4.79 Å². The van der Waals surface area contributed by atoms with Crippen LogP contribution in [0.1, 0.15) is 15.9 Å². The number of carbonyl (C=O) groups is 1. The van der Waals surface area contributed by atoms with E-state index >= 15 is 0 Å². The van der Waals surface area contributed by atoms with E-state index in [0.717, 1.165) is 5.56 Å². The summed E-state index contributed by atoms with van der Waals surface area (Å²) in [6, 6.07) is 9.76. The van der Waals surface area contributed by atoms with Crippen LogP contribution in [-0.2, 0) is 6.42 Å². The Hall–Kier alpha value is -2.43. The van der Waals surface area contributed by atoms with E-state index in [0.29, 0.717) is 24.3 Å². The van der Waals surface area contributed by atoms with E-state index in [2.05, 4.69) is 10.3 Å². The fourth-order valence-corrected chi connectivity index (χ4v) is 2.00. The van der Waals surface area contributed by atoms with E-state index in [9.17, 15) is 9.18 Å². The number of aromatic nitrogens is 1. The fraction of sp³-hybridized carbons (Fsp3) is 0.250. The lowest BCUT2D eigenvalue weighted by molar-refractivity contribution is 0.0954. The minimum Gasteiger partial charge on any atom is -0.362 e. The summed E-state index contributed by atoms with van der Waals surface area (Å²) in [6.07, 6.45) is 2.31. The number of carbonyl (C=O) groups excluding carboxylic acids is 1. The standard InChI is InChI=1S/C16H18FN3O/c1-20(2)15-14(4-3-10-18-15)16(21)19-11-9-12-5-7-13(17)8-6-12/h3-8,10H,9,11H2,1-2H3,(H,19,21). The van der Waals surface area contributed by atoms with Crippen LogP contribution in [0.2, 0.25) is 0 Å². The second-order valence-electron chi connectivity index (χ2n) is 4.90. The predicted octanol–water partition coefficient (Wildman–Crippen LogP) is 2.26. The largest absolute Gasteiger partial charge is 0.362 e. The number of hydrogen-bond acceptors (Lipinski definition) is 3. The third-order valence-corrected chi connectivity index (χ3v) is 3.07. The minimum atomic E-state index is -0.256. The number of rotatable bonds is 5. The highest BCUT2D eigenvalue weighted by Gasteiger charge is 2.12. The van der Waals surface area contributed by atoms with Gasteiger partial charge in [0.25, 0.3) is 5.91 Å². The van der Waals surface area contributed by atoms with Crippen molar-refractivity contribution in [3.63, 3.8) is 0 Å². The maximum atomic E-state index is 12.8. The molecule has 110 valence electrons. The van der Waals surface area contributed by atoms with Gasteiger partial charge in [0.15, 0.2) is 0 Å². The molecule has 0 spiro atoms. The quantitative estimate of drug-likeness (QED) is 0.917. The molecule has 2 rings (SSSR count). The van der Waals surface area contributed by atoms with Crippen LogP contribution in [0.4, 0.5) is 10.2 Å². The van der Waals surface area contributed by atoms with Gasteiger partial charge in [-0.2, -0.15) is 0 Å². The number of halogens is 1. The number of hydrogen-bond donors (Lipinski definition) is 1. The molecule has 1 N–H and O–H groups in total. The van der Waals surface area contributed by atoms with Gasteiger partial charge in [-0.25, -0.2) is 9.37 Å². The van der Waals surface area contributed by atoms with Crippen molar-refractivity contribution in [2.75, 3.05) is 25.5 Å².